The molecule has 1 unspecified atom stereocenters. The quantitative estimate of drug-likeness (QED) is 0.842. The molecule has 0 bridgehead atoms. The lowest BCUT2D eigenvalue weighted by molar-refractivity contribution is -0.149. The van der Waals surface area contributed by atoms with Crippen LogP contribution in [0.2, 0.25) is 0 Å². The van der Waals surface area contributed by atoms with Crippen LogP contribution in [0.5, 0.6) is 0 Å². The first-order valence-corrected chi connectivity index (χ1v) is 5.82. The lowest BCUT2D eigenvalue weighted by atomic mass is 9.92. The Balaban J connectivity index is 2.32. The lowest BCUT2D eigenvalue weighted by Crippen LogP contribution is -2.27. The Hall–Kier alpha value is -1.49. The van der Waals surface area contributed by atoms with Gasteiger partial charge in [0.2, 0.25) is 0 Å². The third-order valence-corrected chi connectivity index (χ3v) is 3.19. The topological polar surface area (TPSA) is 46.5 Å². The van der Waals surface area contributed by atoms with Crippen LogP contribution in [0, 0.1) is 11.6 Å². The Kier molecular flexibility index (Phi) is 3.34. The predicted octanol–water partition coefficient (Wildman–Crippen LogP) is 2.05. The van der Waals surface area contributed by atoms with Crippen LogP contribution in [0.15, 0.2) is 12.1 Å². The zero-order valence-corrected chi connectivity index (χ0v) is 10.0. The van der Waals surface area contributed by atoms with Crippen molar-refractivity contribution in [2.45, 2.75) is 31.8 Å². The predicted molar refractivity (Wildman–Crippen MR) is 59.8 cm³/mol. The molecule has 0 aliphatic heterocycles. The molecular formula is C13H14F2O3. The third-order valence-electron chi connectivity index (χ3n) is 3.19. The first kappa shape index (κ1) is 13.0. The molecule has 98 valence electrons. The van der Waals surface area contributed by atoms with Gasteiger partial charge in [0.25, 0.3) is 0 Å². The second-order valence-corrected chi connectivity index (χ2v) is 4.43. The van der Waals surface area contributed by atoms with Crippen molar-refractivity contribution in [2.75, 3.05) is 6.61 Å². The van der Waals surface area contributed by atoms with Gasteiger partial charge in [0.15, 0.2) is 0 Å². The average Bonchev–Trinajstić information content (AvgIpc) is 2.57. The summed E-state index contributed by atoms with van der Waals surface area (Å²) in [7, 11) is 0. The maximum atomic E-state index is 13.5. The molecule has 0 fully saturated rings. The van der Waals surface area contributed by atoms with E-state index in [0.29, 0.717) is 0 Å². The van der Waals surface area contributed by atoms with Crippen LogP contribution in [-0.2, 0) is 21.6 Å². The lowest BCUT2D eigenvalue weighted by Gasteiger charge is -2.22. The number of aliphatic hydroxyl groups is 1. The van der Waals surface area contributed by atoms with E-state index in [0.717, 1.165) is 12.1 Å². The molecule has 0 saturated carbocycles. The Labute approximate surface area is 103 Å². The fraction of sp³-hybridized carbons (Fsp3) is 0.462. The van der Waals surface area contributed by atoms with Gasteiger partial charge in [-0.3, -0.25) is 4.79 Å². The van der Waals surface area contributed by atoms with Gasteiger partial charge in [0, 0.05) is 6.07 Å². The third kappa shape index (κ3) is 2.22. The van der Waals surface area contributed by atoms with E-state index >= 15 is 0 Å². The first-order chi connectivity index (χ1) is 8.46. The molecule has 3 nitrogen and oxygen atoms in total. The maximum Gasteiger partial charge on any atom is 0.309 e. The van der Waals surface area contributed by atoms with E-state index in [9.17, 15) is 18.7 Å². The van der Waals surface area contributed by atoms with E-state index in [1.165, 1.54) is 0 Å². The highest BCUT2D eigenvalue weighted by Gasteiger charge is 2.40. The van der Waals surface area contributed by atoms with Gasteiger partial charge < -0.3 is 9.84 Å². The van der Waals surface area contributed by atoms with Gasteiger partial charge in [-0.05, 0) is 37.0 Å². The molecule has 1 aliphatic carbocycles. The number of benzene rings is 1. The number of hydrogen-bond donors (Lipinski definition) is 1. The molecule has 1 atom stereocenters. The van der Waals surface area contributed by atoms with Crippen molar-refractivity contribution >= 4 is 5.97 Å². The smallest absolute Gasteiger partial charge is 0.309 e. The van der Waals surface area contributed by atoms with Gasteiger partial charge in [0.1, 0.15) is 17.2 Å². The summed E-state index contributed by atoms with van der Waals surface area (Å²) in [6, 6.07) is 1.87. The summed E-state index contributed by atoms with van der Waals surface area (Å²) in [6.45, 7) is 1.86. The van der Waals surface area contributed by atoms with E-state index in [1.54, 1.807) is 6.92 Å². The molecule has 1 aromatic rings. The summed E-state index contributed by atoms with van der Waals surface area (Å²) in [5.74, 6) is -2.00. The fourth-order valence-electron chi connectivity index (χ4n) is 2.37. The SMILES string of the molecule is CCOC(=O)CC1(O)CCc2c(F)cc(F)cc21. The van der Waals surface area contributed by atoms with Gasteiger partial charge in [0.05, 0.1) is 13.0 Å². The summed E-state index contributed by atoms with van der Waals surface area (Å²) >= 11 is 0. The van der Waals surface area contributed by atoms with E-state index in [-0.39, 0.29) is 37.0 Å². The zero-order chi connectivity index (χ0) is 13.3. The molecule has 0 saturated heterocycles. The fourth-order valence-corrected chi connectivity index (χ4v) is 2.37. The van der Waals surface area contributed by atoms with E-state index in [4.69, 9.17) is 4.74 Å². The maximum absolute atomic E-state index is 13.5. The number of carbonyl (C=O) groups excluding carboxylic acids is 1. The standard InChI is InChI=1S/C13H14F2O3/c1-2-18-12(16)7-13(17)4-3-9-10(13)5-8(14)6-11(9)15/h5-6,17H,2-4,7H2,1H3. The molecule has 1 aromatic carbocycles. The van der Waals surface area contributed by atoms with Crippen molar-refractivity contribution in [3.63, 3.8) is 0 Å². The minimum Gasteiger partial charge on any atom is -0.466 e. The highest BCUT2D eigenvalue weighted by atomic mass is 19.1. The Morgan fingerprint density at radius 1 is 1.50 bits per heavy atom. The molecule has 1 N–H and O–H groups in total. The molecule has 0 spiro atoms. The Bertz CT molecular complexity index is 487. The normalized spacial score (nSPS) is 21.8. The summed E-state index contributed by atoms with van der Waals surface area (Å²) in [5, 5.41) is 10.4. The van der Waals surface area contributed by atoms with Crippen LogP contribution in [-0.4, -0.2) is 17.7 Å². The van der Waals surface area contributed by atoms with E-state index in [2.05, 4.69) is 0 Å². The second kappa shape index (κ2) is 4.65. The van der Waals surface area contributed by atoms with E-state index < -0.39 is 23.2 Å². The molecule has 1 aliphatic rings. The molecule has 0 aromatic heterocycles. The number of carbonyl (C=O) groups is 1. The molecule has 5 heteroatoms. The van der Waals surface area contributed by atoms with Crippen molar-refractivity contribution in [2.24, 2.45) is 0 Å². The monoisotopic (exact) mass is 256 g/mol. The molecular weight excluding hydrogens is 242 g/mol. The summed E-state index contributed by atoms with van der Waals surface area (Å²) in [6.07, 6.45) is 0.204. The van der Waals surface area contributed by atoms with Crippen LogP contribution in [0.3, 0.4) is 0 Å². The number of halogens is 2. The number of hydrogen-bond acceptors (Lipinski definition) is 3. The first-order valence-electron chi connectivity index (χ1n) is 5.82. The summed E-state index contributed by atoms with van der Waals surface area (Å²) in [5.41, 5.74) is -1.08. The number of esters is 1. The van der Waals surface area contributed by atoms with Crippen LogP contribution in [0.25, 0.3) is 0 Å². The average molecular weight is 256 g/mol. The molecule has 0 amide bonds. The van der Waals surface area contributed by atoms with Gasteiger partial charge in [-0.15, -0.1) is 0 Å². The number of ether oxygens (including phenoxy) is 1. The summed E-state index contributed by atoms with van der Waals surface area (Å²) in [4.78, 5) is 11.4. The number of rotatable bonds is 3. The van der Waals surface area contributed by atoms with Crippen molar-refractivity contribution in [3.05, 3.63) is 34.9 Å². The molecule has 2 rings (SSSR count). The van der Waals surface area contributed by atoms with E-state index in [1.807, 2.05) is 0 Å². The minimum atomic E-state index is -1.52. The summed E-state index contributed by atoms with van der Waals surface area (Å²) < 4.78 is 31.5. The minimum absolute atomic E-state index is 0.160. The Morgan fingerprint density at radius 2 is 2.22 bits per heavy atom. The van der Waals surface area contributed by atoms with Crippen LogP contribution in [0.1, 0.15) is 30.9 Å². The van der Waals surface area contributed by atoms with Crippen LogP contribution >= 0.6 is 0 Å². The van der Waals surface area contributed by atoms with Crippen molar-refractivity contribution in [1.29, 1.82) is 0 Å². The largest absolute Gasteiger partial charge is 0.466 e. The zero-order valence-electron chi connectivity index (χ0n) is 10.0. The van der Waals surface area contributed by atoms with Crippen molar-refractivity contribution in [3.8, 4) is 0 Å². The number of fused-ring (bicyclic) bond motifs is 1. The van der Waals surface area contributed by atoms with Gasteiger partial charge in [-0.2, -0.15) is 0 Å². The molecule has 18 heavy (non-hydrogen) atoms. The highest BCUT2D eigenvalue weighted by Crippen LogP contribution is 2.41. The highest BCUT2D eigenvalue weighted by molar-refractivity contribution is 5.71. The van der Waals surface area contributed by atoms with Crippen LogP contribution < -0.4 is 0 Å². The second-order valence-electron chi connectivity index (χ2n) is 4.43. The van der Waals surface area contributed by atoms with Gasteiger partial charge in [-0.1, -0.05) is 0 Å². The van der Waals surface area contributed by atoms with Gasteiger partial charge >= 0.3 is 5.97 Å². The van der Waals surface area contributed by atoms with Crippen LogP contribution in [0.4, 0.5) is 8.78 Å². The molecule has 0 radical (unpaired) electrons. The molecule has 0 heterocycles. The van der Waals surface area contributed by atoms with Crippen molar-refractivity contribution < 1.29 is 23.4 Å². The van der Waals surface area contributed by atoms with Gasteiger partial charge in [-0.25, -0.2) is 8.78 Å². The van der Waals surface area contributed by atoms with Crippen molar-refractivity contribution in [1.82, 2.24) is 0 Å². The Morgan fingerprint density at radius 3 is 2.89 bits per heavy atom.